The van der Waals surface area contributed by atoms with Crippen molar-refractivity contribution in [3.05, 3.63) is 81.7 Å². The predicted octanol–water partition coefficient (Wildman–Crippen LogP) is 6.92. The molecule has 0 spiro atoms. The number of carbonyl (C=O) groups excluding carboxylic acids is 1. The van der Waals surface area contributed by atoms with E-state index < -0.39 is 90.9 Å². The number of ether oxygens (including phenoxy) is 1. The minimum atomic E-state index is -5.10. The smallest absolute Gasteiger partial charge is 0.411 e. The molecule has 4 aromatic rings. The van der Waals surface area contributed by atoms with Gasteiger partial charge in [-0.25, -0.2) is 13.5 Å². The van der Waals surface area contributed by atoms with Crippen LogP contribution in [0.15, 0.2) is 40.9 Å². The molecule has 1 aliphatic rings. The Morgan fingerprint density at radius 2 is 1.50 bits per heavy atom. The molecule has 1 fully saturated rings. The molecule has 0 saturated carbocycles. The molecule has 3 heterocycles. The minimum Gasteiger partial charge on any atom is -0.411 e. The Kier molecular flexibility index (Phi) is 10.0. The molecule has 0 atom stereocenters. The normalized spacial score (nSPS) is 15.0. The number of morpholine rings is 1. The van der Waals surface area contributed by atoms with E-state index in [0.29, 0.717) is 12.1 Å². The summed E-state index contributed by atoms with van der Waals surface area (Å²) in [7, 11) is -1.31. The van der Waals surface area contributed by atoms with Gasteiger partial charge in [-0.05, 0) is 54.8 Å². The van der Waals surface area contributed by atoms with E-state index in [1.807, 2.05) is 20.8 Å². The van der Waals surface area contributed by atoms with Gasteiger partial charge in [-0.15, -0.1) is 5.10 Å². The van der Waals surface area contributed by atoms with Gasteiger partial charge in [0.25, 0.3) is 0 Å². The highest BCUT2D eigenvalue weighted by molar-refractivity contribution is 6.31. The van der Waals surface area contributed by atoms with Gasteiger partial charge in [-0.3, -0.25) is 4.79 Å². The zero-order valence-corrected chi connectivity index (χ0v) is 29.0. The number of benzene rings is 2. The van der Waals surface area contributed by atoms with E-state index in [1.165, 1.54) is 0 Å². The van der Waals surface area contributed by atoms with Crippen molar-refractivity contribution in [1.82, 2.24) is 20.2 Å². The van der Waals surface area contributed by atoms with Gasteiger partial charge in [-0.1, -0.05) is 37.2 Å². The van der Waals surface area contributed by atoms with E-state index in [1.54, 1.807) is 18.7 Å². The molecule has 5 rings (SSSR count). The number of ketones is 1. The number of anilines is 1. The summed E-state index contributed by atoms with van der Waals surface area (Å²) in [6, 6.07) is 4.17. The second-order valence-electron chi connectivity index (χ2n) is 13.5. The Bertz CT molecular complexity index is 1820. The van der Waals surface area contributed by atoms with Gasteiger partial charge in [-0.2, -0.15) is 26.3 Å². The molecule has 1 saturated heterocycles. The number of hydrogen-bond acceptors (Lipinski definition) is 8. The van der Waals surface area contributed by atoms with Gasteiger partial charge < -0.3 is 18.6 Å². The van der Waals surface area contributed by atoms with Crippen LogP contribution in [0.2, 0.25) is 5.04 Å². The molecule has 2 aromatic heterocycles. The second kappa shape index (κ2) is 13.5. The van der Waals surface area contributed by atoms with Crippen LogP contribution in [0.4, 0.5) is 40.9 Å². The highest BCUT2D eigenvalue weighted by atomic mass is 28.2. The van der Waals surface area contributed by atoms with Crippen LogP contribution in [0.5, 0.6) is 0 Å². The van der Waals surface area contributed by atoms with Crippen molar-refractivity contribution < 1.29 is 53.6 Å². The fraction of sp³-hybridized carbons (Fsp3) is 0.438. The van der Waals surface area contributed by atoms with E-state index in [2.05, 4.69) is 15.5 Å². The third-order valence-electron chi connectivity index (χ3n) is 7.75. The Morgan fingerprint density at radius 1 is 0.920 bits per heavy atom. The number of carbonyl (C=O) groups is 1. The molecule has 0 unspecified atom stereocenters. The summed E-state index contributed by atoms with van der Waals surface area (Å²) >= 11 is 0. The first kappa shape index (κ1) is 37.1. The fourth-order valence-electron chi connectivity index (χ4n) is 5.32. The van der Waals surface area contributed by atoms with Crippen molar-refractivity contribution in [2.24, 2.45) is 0 Å². The topological polar surface area (TPSA) is 95.5 Å². The summed E-state index contributed by atoms with van der Waals surface area (Å²) < 4.78 is 131. The van der Waals surface area contributed by atoms with Crippen LogP contribution >= 0.6 is 0 Å². The lowest BCUT2D eigenvalue weighted by Gasteiger charge is -2.30. The summed E-state index contributed by atoms with van der Waals surface area (Å²) in [5.74, 6) is -3.32. The molecule has 270 valence electrons. The van der Waals surface area contributed by atoms with Gasteiger partial charge in [0.05, 0.1) is 42.0 Å². The molecule has 9 nitrogen and oxygen atoms in total. The van der Waals surface area contributed by atoms with E-state index in [0.717, 1.165) is 22.9 Å². The number of rotatable bonds is 9. The number of alkyl halides is 6. The highest BCUT2D eigenvalue weighted by Gasteiger charge is 2.41. The first-order valence-corrected chi connectivity index (χ1v) is 16.6. The van der Waals surface area contributed by atoms with Gasteiger partial charge in [0.2, 0.25) is 5.78 Å². The number of hydrogen-bond donors (Lipinski definition) is 0. The van der Waals surface area contributed by atoms with E-state index in [4.69, 9.17) is 13.7 Å². The Labute approximate surface area is 283 Å². The summed E-state index contributed by atoms with van der Waals surface area (Å²) in [5, 5.41) is 11.7. The molecule has 1 aliphatic heterocycles. The maximum atomic E-state index is 15.2. The van der Waals surface area contributed by atoms with E-state index in [-0.39, 0.29) is 49.0 Å². The third-order valence-corrected chi connectivity index (χ3v) is 9.48. The fourth-order valence-corrected chi connectivity index (χ4v) is 6.25. The van der Waals surface area contributed by atoms with Crippen LogP contribution in [0, 0.1) is 11.6 Å². The molecule has 0 bridgehead atoms. The summed E-state index contributed by atoms with van der Waals surface area (Å²) in [5.41, 5.74) is -6.81. The van der Waals surface area contributed by atoms with Crippen LogP contribution in [-0.4, -0.2) is 62.0 Å². The van der Waals surface area contributed by atoms with Gasteiger partial charge >= 0.3 is 12.4 Å². The molecule has 0 aliphatic carbocycles. The molecular formula is C32H33F8N5O4Si. The third kappa shape index (κ3) is 7.91. The molecule has 2 aromatic carbocycles. The van der Waals surface area contributed by atoms with Gasteiger partial charge in [0.1, 0.15) is 22.9 Å². The summed E-state index contributed by atoms with van der Waals surface area (Å²) in [4.78, 5) is 16.2. The van der Waals surface area contributed by atoms with Crippen molar-refractivity contribution in [2.75, 3.05) is 31.2 Å². The molecule has 0 amide bonds. The quantitative estimate of drug-likeness (QED) is 0.104. The first-order chi connectivity index (χ1) is 23.2. The first-order valence-electron chi connectivity index (χ1n) is 15.3. The maximum absolute atomic E-state index is 15.2. The second-order valence-corrected chi connectivity index (χ2v) is 16.2. The monoisotopic (exact) mass is 731 g/mol. The van der Waals surface area contributed by atoms with Crippen LogP contribution < -0.4 is 4.90 Å². The maximum Gasteiger partial charge on any atom is 0.416 e. The lowest BCUT2D eigenvalue weighted by atomic mass is 9.93. The summed E-state index contributed by atoms with van der Waals surface area (Å²) in [6.45, 7) is 8.99. The lowest BCUT2D eigenvalue weighted by Crippen LogP contribution is -2.38. The van der Waals surface area contributed by atoms with Crippen molar-refractivity contribution in [2.45, 2.75) is 64.2 Å². The molecule has 18 heteroatoms. The molecular weight excluding hydrogens is 698 g/mol. The Balaban J connectivity index is 1.69. The van der Waals surface area contributed by atoms with E-state index >= 15 is 8.78 Å². The average molecular weight is 732 g/mol. The van der Waals surface area contributed by atoms with Crippen molar-refractivity contribution in [1.29, 1.82) is 0 Å². The Hall–Kier alpha value is -4.16. The van der Waals surface area contributed by atoms with Crippen LogP contribution in [0.25, 0.3) is 11.3 Å². The van der Waals surface area contributed by atoms with Crippen LogP contribution in [0.1, 0.15) is 73.1 Å². The predicted molar refractivity (Wildman–Crippen MR) is 166 cm³/mol. The zero-order chi connectivity index (χ0) is 36.8. The standard InChI is InChI=1S/C32H33F8N5O4Si/c1-29(2,3)50-49-30(4,5)27-23(24(42-48-27)22-20(33)7-6-8-21(22)34)26(46)25-28(44-9-11-47-12-10-44)45(43-41-25)16-17-13-18(31(35,36)37)15-19(14-17)32(38,39)40/h6-8,13-15H,9-12,16,50H2,1-5H3. The highest BCUT2D eigenvalue weighted by Crippen LogP contribution is 2.40. The van der Waals surface area contributed by atoms with Crippen molar-refractivity contribution in [3.8, 4) is 11.3 Å². The van der Waals surface area contributed by atoms with Gasteiger partial charge in [0, 0.05) is 13.1 Å². The molecule has 50 heavy (non-hydrogen) atoms. The average Bonchev–Trinajstić information content (AvgIpc) is 3.64. The van der Waals surface area contributed by atoms with Crippen LogP contribution in [-0.2, 0) is 33.7 Å². The SMILES string of the molecule is CC(C)(C)[SiH2]OC(C)(C)c1onc(-c2c(F)cccc2F)c1C(=O)c1nnn(Cc2cc(C(F)(F)F)cc(C(F)(F)F)c2)c1N1CCOCC1. The van der Waals surface area contributed by atoms with Gasteiger partial charge in [0.15, 0.2) is 27.0 Å². The summed E-state index contributed by atoms with van der Waals surface area (Å²) in [6.07, 6.45) is -10.2. The number of nitrogens with zero attached hydrogens (tertiary/aromatic N) is 5. The largest absolute Gasteiger partial charge is 0.416 e. The zero-order valence-electron chi connectivity index (χ0n) is 27.6. The minimum absolute atomic E-state index is 0.00578. The van der Waals surface area contributed by atoms with Crippen LogP contribution in [0.3, 0.4) is 0 Å². The Morgan fingerprint density at radius 3 is 2.04 bits per heavy atom. The number of halogens is 8. The van der Waals surface area contributed by atoms with E-state index in [9.17, 15) is 31.1 Å². The number of aromatic nitrogens is 4. The molecule has 0 N–H and O–H groups in total. The molecule has 0 radical (unpaired) electrons. The lowest BCUT2D eigenvalue weighted by molar-refractivity contribution is -0.143. The van der Waals surface area contributed by atoms with Crippen molar-refractivity contribution in [3.63, 3.8) is 0 Å². The van der Waals surface area contributed by atoms with Crippen molar-refractivity contribution >= 4 is 21.4 Å².